The van der Waals surface area contributed by atoms with Crippen LogP contribution >= 0.6 is 0 Å². The van der Waals surface area contributed by atoms with Crippen molar-refractivity contribution in [3.8, 4) is 11.5 Å². The van der Waals surface area contributed by atoms with E-state index >= 15 is 0 Å². The topological polar surface area (TPSA) is 46.3 Å². The lowest BCUT2D eigenvalue weighted by Gasteiger charge is -1.95. The van der Waals surface area contributed by atoms with Gasteiger partial charge in [-0.15, -0.1) is 0 Å². The molecule has 0 bridgehead atoms. The minimum absolute atomic E-state index is 0.106. The highest BCUT2D eigenvalue weighted by Gasteiger charge is 2.09. The largest absolute Gasteiger partial charge is 0.438 e. The molecule has 0 atom stereocenters. The maximum Gasteiger partial charge on any atom is 0.226 e. The average Bonchev–Trinajstić information content (AvgIpc) is 2.61. The van der Waals surface area contributed by atoms with Crippen LogP contribution in [0.4, 0.5) is 0 Å². The monoisotopic (exact) mass is 203 g/mol. The number of nitrogens with zero attached hydrogens (tertiary/aromatic N) is 1. The second-order valence-corrected chi connectivity index (χ2v) is 3.55. The summed E-state index contributed by atoms with van der Waals surface area (Å²) in [4.78, 5) is 4.25. The summed E-state index contributed by atoms with van der Waals surface area (Å²) in [7, 11) is 0. The molecular weight excluding hydrogens is 190 g/mol. The first-order valence-corrected chi connectivity index (χ1v) is 4.85. The molecule has 1 N–H and O–H groups in total. The normalized spacial score (nSPS) is 10.6. The number of hydrogen-bond donors (Lipinski definition) is 1. The van der Waals surface area contributed by atoms with Crippen molar-refractivity contribution < 1.29 is 9.52 Å². The fraction of sp³-hybridized carbons (Fsp3) is 0.250. The van der Waals surface area contributed by atoms with Crippen LogP contribution in [-0.2, 0) is 6.61 Å². The summed E-state index contributed by atoms with van der Waals surface area (Å²) >= 11 is 0. The summed E-state index contributed by atoms with van der Waals surface area (Å²) in [5.41, 5.74) is 2.88. The Kier molecular flexibility index (Phi) is 2.56. The van der Waals surface area contributed by atoms with Crippen molar-refractivity contribution in [3.63, 3.8) is 0 Å². The molecule has 78 valence electrons. The fourth-order valence-electron chi connectivity index (χ4n) is 1.39. The third-order valence-electron chi connectivity index (χ3n) is 2.33. The Hall–Kier alpha value is -1.61. The standard InChI is InChI=1S/C12H13NO2/c1-8-3-5-10(6-4-8)12-13-9(2)11(7-14)15-12/h3-6,14H,7H2,1-2H3. The number of aliphatic hydroxyl groups excluding tert-OH is 1. The molecule has 1 heterocycles. The van der Waals surface area contributed by atoms with Crippen LogP contribution in [0.25, 0.3) is 11.5 Å². The first-order valence-electron chi connectivity index (χ1n) is 4.85. The van der Waals surface area contributed by atoms with Crippen LogP contribution in [0.2, 0.25) is 0 Å². The van der Waals surface area contributed by atoms with Crippen LogP contribution in [0.5, 0.6) is 0 Å². The van der Waals surface area contributed by atoms with Crippen LogP contribution in [-0.4, -0.2) is 10.1 Å². The quantitative estimate of drug-likeness (QED) is 0.815. The molecule has 0 amide bonds. The molecule has 3 nitrogen and oxygen atoms in total. The Labute approximate surface area is 88.4 Å². The predicted molar refractivity (Wildman–Crippen MR) is 57.3 cm³/mol. The molecule has 0 fully saturated rings. The third kappa shape index (κ3) is 1.92. The Morgan fingerprint density at radius 3 is 2.40 bits per heavy atom. The van der Waals surface area contributed by atoms with Gasteiger partial charge in [-0.25, -0.2) is 4.98 Å². The van der Waals surface area contributed by atoms with Crippen LogP contribution in [0, 0.1) is 13.8 Å². The van der Waals surface area contributed by atoms with Gasteiger partial charge in [-0.3, -0.25) is 0 Å². The number of oxazole rings is 1. The van der Waals surface area contributed by atoms with Gasteiger partial charge in [0.1, 0.15) is 6.61 Å². The highest BCUT2D eigenvalue weighted by molar-refractivity contribution is 5.54. The Bertz CT molecular complexity index is 457. The SMILES string of the molecule is Cc1ccc(-c2nc(C)c(CO)o2)cc1. The minimum Gasteiger partial charge on any atom is -0.438 e. The van der Waals surface area contributed by atoms with E-state index in [0.717, 1.165) is 11.3 Å². The van der Waals surface area contributed by atoms with Crippen molar-refractivity contribution in [3.05, 3.63) is 41.3 Å². The maximum absolute atomic E-state index is 8.99. The van der Waals surface area contributed by atoms with Gasteiger partial charge in [0.15, 0.2) is 5.76 Å². The van der Waals surface area contributed by atoms with Gasteiger partial charge in [0.05, 0.1) is 5.69 Å². The lowest BCUT2D eigenvalue weighted by atomic mass is 10.1. The van der Waals surface area contributed by atoms with E-state index in [9.17, 15) is 0 Å². The van der Waals surface area contributed by atoms with E-state index in [2.05, 4.69) is 4.98 Å². The van der Waals surface area contributed by atoms with Crippen molar-refractivity contribution in [2.45, 2.75) is 20.5 Å². The van der Waals surface area contributed by atoms with Gasteiger partial charge in [-0.1, -0.05) is 17.7 Å². The van der Waals surface area contributed by atoms with Crippen molar-refractivity contribution in [1.29, 1.82) is 0 Å². The van der Waals surface area contributed by atoms with Gasteiger partial charge in [0, 0.05) is 5.56 Å². The number of aryl methyl sites for hydroxylation is 2. The zero-order valence-electron chi connectivity index (χ0n) is 8.82. The van der Waals surface area contributed by atoms with Crippen molar-refractivity contribution in [2.24, 2.45) is 0 Å². The van der Waals surface area contributed by atoms with Crippen LogP contribution in [0.1, 0.15) is 17.0 Å². The summed E-state index contributed by atoms with van der Waals surface area (Å²) in [5, 5.41) is 8.99. The molecule has 1 aromatic carbocycles. The molecule has 2 rings (SSSR count). The van der Waals surface area contributed by atoms with Gasteiger partial charge in [0.25, 0.3) is 0 Å². The number of hydrogen-bond acceptors (Lipinski definition) is 3. The molecule has 0 aliphatic heterocycles. The zero-order valence-corrected chi connectivity index (χ0v) is 8.82. The molecular formula is C12H13NO2. The van der Waals surface area contributed by atoms with Crippen LogP contribution in [0.3, 0.4) is 0 Å². The summed E-state index contributed by atoms with van der Waals surface area (Å²) < 4.78 is 5.43. The number of rotatable bonds is 2. The lowest BCUT2D eigenvalue weighted by Crippen LogP contribution is -1.81. The van der Waals surface area contributed by atoms with Crippen molar-refractivity contribution in [2.75, 3.05) is 0 Å². The number of benzene rings is 1. The lowest BCUT2D eigenvalue weighted by molar-refractivity contribution is 0.247. The predicted octanol–water partition coefficient (Wildman–Crippen LogP) is 2.45. The van der Waals surface area contributed by atoms with Gasteiger partial charge in [-0.05, 0) is 26.0 Å². The van der Waals surface area contributed by atoms with E-state index in [4.69, 9.17) is 9.52 Å². The zero-order chi connectivity index (χ0) is 10.8. The maximum atomic E-state index is 8.99. The molecule has 0 aliphatic carbocycles. The minimum atomic E-state index is -0.106. The summed E-state index contributed by atoms with van der Waals surface area (Å²) in [6.45, 7) is 3.75. The third-order valence-corrected chi connectivity index (χ3v) is 2.33. The van der Waals surface area contributed by atoms with E-state index in [1.165, 1.54) is 5.56 Å². The Balaban J connectivity index is 2.41. The smallest absolute Gasteiger partial charge is 0.226 e. The molecule has 2 aromatic rings. The highest BCUT2D eigenvalue weighted by atomic mass is 16.4. The molecule has 1 aromatic heterocycles. The van der Waals surface area contributed by atoms with Gasteiger partial charge in [0.2, 0.25) is 5.89 Å². The second-order valence-electron chi connectivity index (χ2n) is 3.55. The summed E-state index contributed by atoms with van der Waals surface area (Å²) in [6, 6.07) is 7.94. The molecule has 0 unspecified atom stereocenters. The van der Waals surface area contributed by atoms with E-state index in [1.807, 2.05) is 38.1 Å². The number of aromatic nitrogens is 1. The molecule has 0 saturated carbocycles. The Morgan fingerprint density at radius 2 is 1.87 bits per heavy atom. The molecule has 0 saturated heterocycles. The first-order chi connectivity index (χ1) is 7.20. The molecule has 0 radical (unpaired) electrons. The second kappa shape index (κ2) is 3.87. The molecule has 0 aliphatic rings. The van der Waals surface area contributed by atoms with E-state index in [1.54, 1.807) is 0 Å². The van der Waals surface area contributed by atoms with Crippen molar-refractivity contribution >= 4 is 0 Å². The van der Waals surface area contributed by atoms with E-state index in [-0.39, 0.29) is 6.61 Å². The molecule has 0 spiro atoms. The Morgan fingerprint density at radius 1 is 1.20 bits per heavy atom. The van der Waals surface area contributed by atoms with Crippen LogP contribution < -0.4 is 0 Å². The summed E-state index contributed by atoms with van der Waals surface area (Å²) in [5.74, 6) is 1.10. The molecule has 15 heavy (non-hydrogen) atoms. The van der Waals surface area contributed by atoms with E-state index in [0.29, 0.717) is 11.7 Å². The van der Waals surface area contributed by atoms with Gasteiger partial charge >= 0.3 is 0 Å². The van der Waals surface area contributed by atoms with Gasteiger partial charge < -0.3 is 9.52 Å². The first kappa shape index (κ1) is 9.93. The molecule has 3 heteroatoms. The fourth-order valence-corrected chi connectivity index (χ4v) is 1.39. The average molecular weight is 203 g/mol. The van der Waals surface area contributed by atoms with Gasteiger partial charge in [-0.2, -0.15) is 0 Å². The van der Waals surface area contributed by atoms with E-state index < -0.39 is 0 Å². The number of aliphatic hydroxyl groups is 1. The highest BCUT2D eigenvalue weighted by Crippen LogP contribution is 2.21. The van der Waals surface area contributed by atoms with Crippen molar-refractivity contribution in [1.82, 2.24) is 4.98 Å². The summed E-state index contributed by atoms with van der Waals surface area (Å²) in [6.07, 6.45) is 0. The van der Waals surface area contributed by atoms with Crippen LogP contribution in [0.15, 0.2) is 28.7 Å².